The Bertz CT molecular complexity index is 1160. The fraction of sp³-hybridized carbons (Fsp3) is 0.360. The number of methoxy groups -OCH3 is 2. The molecule has 9 nitrogen and oxygen atoms in total. The molecule has 1 aliphatic rings. The van der Waals surface area contributed by atoms with E-state index >= 15 is 0 Å². The van der Waals surface area contributed by atoms with Crippen LogP contribution in [0.15, 0.2) is 36.7 Å². The third kappa shape index (κ3) is 5.51. The van der Waals surface area contributed by atoms with Crippen molar-refractivity contribution >= 4 is 23.0 Å². The summed E-state index contributed by atoms with van der Waals surface area (Å²) in [6, 6.07) is 6.99. The molecule has 11 heteroatoms. The second-order valence-electron chi connectivity index (χ2n) is 8.24. The Kier molecular flexibility index (Phi) is 7.89. The fourth-order valence-corrected chi connectivity index (χ4v) is 3.98. The maximum Gasteiger partial charge on any atom is 0.227 e. The average Bonchev–Trinajstić information content (AvgIpc) is 2.91. The van der Waals surface area contributed by atoms with E-state index in [1.807, 2.05) is 18.2 Å². The Hall–Kier alpha value is -3.86. The van der Waals surface area contributed by atoms with E-state index in [-0.39, 0.29) is 22.8 Å². The Morgan fingerprint density at radius 1 is 0.972 bits per heavy atom. The van der Waals surface area contributed by atoms with Crippen molar-refractivity contribution < 1.29 is 23.0 Å². The number of halogens is 2. The van der Waals surface area contributed by atoms with Gasteiger partial charge in [0.05, 0.1) is 43.6 Å². The summed E-state index contributed by atoms with van der Waals surface area (Å²) in [5.74, 6) is -1.47. The van der Waals surface area contributed by atoms with Crippen molar-refractivity contribution in [2.45, 2.75) is 13.5 Å². The highest BCUT2D eigenvalue weighted by Crippen LogP contribution is 2.32. The number of hydrogen-bond donors (Lipinski definition) is 2. The Morgan fingerprint density at radius 3 is 2.17 bits per heavy atom. The first-order chi connectivity index (χ1) is 17.4. The molecule has 3 aromatic rings. The van der Waals surface area contributed by atoms with Gasteiger partial charge in [-0.05, 0) is 24.7 Å². The van der Waals surface area contributed by atoms with Crippen LogP contribution in [0.3, 0.4) is 0 Å². The van der Waals surface area contributed by atoms with E-state index in [2.05, 4.69) is 32.0 Å². The van der Waals surface area contributed by atoms with Crippen molar-refractivity contribution in [2.24, 2.45) is 0 Å². The van der Waals surface area contributed by atoms with Crippen LogP contribution in [0, 0.1) is 11.6 Å². The lowest BCUT2D eigenvalue weighted by atomic mass is 10.1. The fourth-order valence-electron chi connectivity index (χ4n) is 3.98. The largest absolute Gasteiger partial charge is 0.494 e. The topological polar surface area (TPSA) is 98.0 Å². The van der Waals surface area contributed by atoms with Gasteiger partial charge in [-0.25, -0.2) is 18.7 Å². The summed E-state index contributed by atoms with van der Waals surface area (Å²) in [6.45, 7) is 6.82. The monoisotopic (exact) mass is 500 g/mol. The molecule has 0 spiro atoms. The zero-order valence-electron chi connectivity index (χ0n) is 20.6. The van der Waals surface area contributed by atoms with Gasteiger partial charge in [0.15, 0.2) is 28.9 Å². The number of hydrogen-bond acceptors (Lipinski definition) is 9. The third-order valence-corrected chi connectivity index (χ3v) is 6.14. The molecule has 2 heterocycles. The van der Waals surface area contributed by atoms with Gasteiger partial charge in [0.2, 0.25) is 5.95 Å². The number of nitrogens with one attached hydrogen (secondary N) is 1. The zero-order chi connectivity index (χ0) is 25.7. The van der Waals surface area contributed by atoms with Crippen molar-refractivity contribution in [3.63, 3.8) is 0 Å². The van der Waals surface area contributed by atoms with Gasteiger partial charge in [-0.15, -0.1) is 0 Å². The maximum absolute atomic E-state index is 14.5. The van der Waals surface area contributed by atoms with E-state index in [1.54, 1.807) is 0 Å². The molecule has 3 N–H and O–H groups in total. The number of nitrogen functional groups attached to an aromatic ring is 1. The SMILES string of the molecule is CCN1CCN(c2ccc(Nc3ncc(OCc4c(F)c(OC)cc(OC)c4F)cn3)c(N)c2)CC1. The smallest absolute Gasteiger partial charge is 0.227 e. The van der Waals surface area contributed by atoms with Gasteiger partial charge in [-0.1, -0.05) is 6.92 Å². The van der Waals surface area contributed by atoms with Crippen molar-refractivity contribution in [2.75, 3.05) is 62.9 Å². The third-order valence-electron chi connectivity index (χ3n) is 6.14. The first-order valence-corrected chi connectivity index (χ1v) is 11.6. The second-order valence-corrected chi connectivity index (χ2v) is 8.24. The quantitative estimate of drug-likeness (QED) is 0.425. The molecule has 1 saturated heterocycles. The molecule has 1 aliphatic heterocycles. The maximum atomic E-state index is 14.5. The van der Waals surface area contributed by atoms with Crippen LogP contribution in [-0.4, -0.2) is 61.8 Å². The van der Waals surface area contributed by atoms with E-state index in [4.69, 9.17) is 19.9 Å². The summed E-state index contributed by atoms with van der Waals surface area (Å²) in [7, 11) is 2.57. The van der Waals surface area contributed by atoms with Crippen molar-refractivity contribution in [3.05, 3.63) is 53.9 Å². The molecule has 4 rings (SSSR count). The molecule has 0 bridgehead atoms. The van der Waals surface area contributed by atoms with Crippen molar-refractivity contribution in [3.8, 4) is 17.2 Å². The molecule has 192 valence electrons. The molecule has 0 atom stereocenters. The Morgan fingerprint density at radius 2 is 1.61 bits per heavy atom. The molecule has 0 aliphatic carbocycles. The zero-order valence-corrected chi connectivity index (χ0v) is 20.6. The predicted molar refractivity (Wildman–Crippen MR) is 134 cm³/mol. The van der Waals surface area contributed by atoms with Crippen LogP contribution in [0.5, 0.6) is 17.2 Å². The number of nitrogens with two attached hydrogens (primary N) is 1. The molecule has 36 heavy (non-hydrogen) atoms. The number of aromatic nitrogens is 2. The van der Waals surface area contributed by atoms with Crippen LogP contribution < -0.4 is 30.2 Å². The molecule has 0 saturated carbocycles. The van der Waals surface area contributed by atoms with Crippen LogP contribution in [0.2, 0.25) is 0 Å². The second kappa shape index (κ2) is 11.3. The lowest BCUT2D eigenvalue weighted by Crippen LogP contribution is -2.46. The summed E-state index contributed by atoms with van der Waals surface area (Å²) in [5, 5.41) is 3.09. The molecule has 1 fully saturated rings. The lowest BCUT2D eigenvalue weighted by molar-refractivity contribution is 0.271. The van der Waals surface area contributed by atoms with Crippen molar-refractivity contribution in [1.82, 2.24) is 14.9 Å². The van der Waals surface area contributed by atoms with Crippen molar-refractivity contribution in [1.29, 1.82) is 0 Å². The minimum absolute atomic E-state index is 0.144. The Labute approximate surface area is 208 Å². The number of benzene rings is 2. The van der Waals surface area contributed by atoms with Gasteiger partial charge in [0.25, 0.3) is 0 Å². The molecule has 0 unspecified atom stereocenters. The predicted octanol–water partition coefficient (Wildman–Crippen LogP) is 3.82. The molecular weight excluding hydrogens is 470 g/mol. The average molecular weight is 501 g/mol. The standard InChI is InChI=1S/C25H30F2N6O3/c1-4-32-7-9-33(10-8-32)16-5-6-20(19(28)11-16)31-25-29-13-17(14-30-25)36-15-18-23(26)21(34-2)12-22(35-3)24(18)27/h5-6,11-14H,4,7-10,15,28H2,1-3H3,(H,29,30,31). The number of ether oxygens (including phenoxy) is 3. The minimum Gasteiger partial charge on any atom is -0.494 e. The summed E-state index contributed by atoms with van der Waals surface area (Å²) in [5.41, 5.74) is 8.28. The van der Waals surface area contributed by atoms with Gasteiger partial charge in [0, 0.05) is 37.9 Å². The van der Waals surface area contributed by atoms with E-state index in [9.17, 15) is 8.78 Å². The molecule has 0 amide bonds. The van der Waals surface area contributed by atoms with Crippen LogP contribution in [-0.2, 0) is 6.61 Å². The molecular formula is C25H30F2N6O3. The number of piperazine rings is 1. The van der Waals surface area contributed by atoms with E-state index in [0.717, 1.165) is 44.5 Å². The minimum atomic E-state index is -0.860. The first-order valence-electron chi connectivity index (χ1n) is 11.6. The number of rotatable bonds is 9. The van der Waals surface area contributed by atoms with Gasteiger partial charge in [0.1, 0.15) is 6.61 Å². The number of nitrogens with zero attached hydrogens (tertiary/aromatic N) is 4. The van der Waals surface area contributed by atoms with E-state index in [0.29, 0.717) is 17.3 Å². The number of anilines is 4. The summed E-state index contributed by atoms with van der Waals surface area (Å²) in [4.78, 5) is 13.2. The molecule has 2 aromatic carbocycles. The summed E-state index contributed by atoms with van der Waals surface area (Å²) < 4.78 is 44.4. The van der Waals surface area contributed by atoms with Crippen LogP contribution in [0.25, 0.3) is 0 Å². The van der Waals surface area contributed by atoms with Gasteiger partial charge in [-0.2, -0.15) is 0 Å². The summed E-state index contributed by atoms with van der Waals surface area (Å²) >= 11 is 0. The highest BCUT2D eigenvalue weighted by molar-refractivity contribution is 5.75. The number of likely N-dealkylation sites (N-methyl/N-ethyl adjacent to an activating group) is 1. The van der Waals surface area contributed by atoms with Gasteiger partial charge in [-0.3, -0.25) is 0 Å². The van der Waals surface area contributed by atoms with Crippen LogP contribution >= 0.6 is 0 Å². The highest BCUT2D eigenvalue weighted by Gasteiger charge is 2.21. The normalized spacial score (nSPS) is 14.0. The van der Waals surface area contributed by atoms with Gasteiger partial charge >= 0.3 is 0 Å². The molecule has 0 radical (unpaired) electrons. The molecule has 1 aromatic heterocycles. The lowest BCUT2D eigenvalue weighted by Gasteiger charge is -2.35. The van der Waals surface area contributed by atoms with E-state index in [1.165, 1.54) is 26.6 Å². The Balaban J connectivity index is 1.39. The first kappa shape index (κ1) is 25.2. The summed E-state index contributed by atoms with van der Waals surface area (Å²) in [6.07, 6.45) is 2.81. The van der Waals surface area contributed by atoms with Crippen LogP contribution in [0.4, 0.5) is 31.8 Å². The highest BCUT2D eigenvalue weighted by atomic mass is 19.1. The van der Waals surface area contributed by atoms with Gasteiger partial charge < -0.3 is 35.1 Å². The van der Waals surface area contributed by atoms with Crippen LogP contribution in [0.1, 0.15) is 12.5 Å². The van der Waals surface area contributed by atoms with E-state index < -0.39 is 18.2 Å².